The summed E-state index contributed by atoms with van der Waals surface area (Å²) in [6, 6.07) is 15.3. The van der Waals surface area contributed by atoms with Gasteiger partial charge in [0.15, 0.2) is 0 Å². The Bertz CT molecular complexity index is 667. The monoisotopic (exact) mass is 341 g/mol. The van der Waals surface area contributed by atoms with Crippen LogP contribution in [0.1, 0.15) is 47.4 Å². The Hall–Kier alpha value is -2.33. The Morgan fingerprint density at radius 2 is 1.84 bits per heavy atom. The third-order valence-corrected chi connectivity index (χ3v) is 4.15. The Morgan fingerprint density at radius 1 is 1.12 bits per heavy atom. The van der Waals surface area contributed by atoms with Crippen LogP contribution < -0.4 is 10.1 Å². The minimum Gasteiger partial charge on any atom is -0.494 e. The predicted molar refractivity (Wildman–Crippen MR) is 100 cm³/mol. The average Bonchev–Trinajstić information content (AvgIpc) is 2.64. The van der Waals surface area contributed by atoms with E-state index in [0.717, 1.165) is 29.7 Å². The second kappa shape index (κ2) is 9.84. The van der Waals surface area contributed by atoms with Crippen molar-refractivity contribution >= 4 is 5.91 Å². The molecule has 1 amide bonds. The largest absolute Gasteiger partial charge is 0.494 e. The molecule has 0 spiro atoms. The van der Waals surface area contributed by atoms with Crippen LogP contribution in [0.3, 0.4) is 0 Å². The van der Waals surface area contributed by atoms with E-state index in [0.29, 0.717) is 18.7 Å². The van der Waals surface area contributed by atoms with Gasteiger partial charge in [-0.1, -0.05) is 37.6 Å². The fourth-order valence-corrected chi connectivity index (χ4v) is 2.59. The van der Waals surface area contributed by atoms with Gasteiger partial charge in [-0.2, -0.15) is 0 Å². The van der Waals surface area contributed by atoms with Crippen LogP contribution in [0.4, 0.5) is 0 Å². The molecule has 25 heavy (non-hydrogen) atoms. The molecule has 2 aromatic rings. The summed E-state index contributed by atoms with van der Waals surface area (Å²) in [5.41, 5.74) is 2.85. The van der Waals surface area contributed by atoms with E-state index in [-0.39, 0.29) is 12.0 Å². The van der Waals surface area contributed by atoms with Gasteiger partial charge in [-0.05, 0) is 48.7 Å². The topological polar surface area (TPSA) is 47.6 Å². The first-order valence-electron chi connectivity index (χ1n) is 8.75. The summed E-state index contributed by atoms with van der Waals surface area (Å²) in [5.74, 6) is 0.676. The number of rotatable bonds is 9. The van der Waals surface area contributed by atoms with Crippen molar-refractivity contribution in [2.45, 2.75) is 32.8 Å². The fraction of sp³-hybridized carbons (Fsp3) is 0.381. The number of benzene rings is 2. The van der Waals surface area contributed by atoms with Crippen molar-refractivity contribution in [3.8, 4) is 5.75 Å². The number of aryl methyl sites for hydroxylation is 1. The standard InChI is InChI=1S/C21H27NO3/c1-4-5-14-25-18-12-10-17(11-13-18)21(23)22-15-20(24-3)19-9-7-6-8-16(19)2/h6-13,20H,4-5,14-15H2,1-3H3,(H,22,23)/t20-/m1/s1. The van der Waals surface area contributed by atoms with E-state index in [1.165, 1.54) is 0 Å². The summed E-state index contributed by atoms with van der Waals surface area (Å²) in [7, 11) is 1.66. The highest BCUT2D eigenvalue weighted by Crippen LogP contribution is 2.20. The summed E-state index contributed by atoms with van der Waals surface area (Å²) in [5, 5.41) is 2.94. The van der Waals surface area contributed by atoms with Gasteiger partial charge in [-0.3, -0.25) is 4.79 Å². The first kappa shape index (κ1) is 19.0. The Morgan fingerprint density at radius 3 is 2.48 bits per heavy atom. The van der Waals surface area contributed by atoms with Crippen LogP contribution in [-0.4, -0.2) is 26.2 Å². The fourth-order valence-electron chi connectivity index (χ4n) is 2.59. The van der Waals surface area contributed by atoms with Crippen LogP contribution in [0.15, 0.2) is 48.5 Å². The van der Waals surface area contributed by atoms with Gasteiger partial charge >= 0.3 is 0 Å². The molecule has 0 aromatic heterocycles. The van der Waals surface area contributed by atoms with Gasteiger partial charge in [0, 0.05) is 19.2 Å². The first-order chi connectivity index (χ1) is 12.2. The Balaban J connectivity index is 1.91. The molecule has 0 unspecified atom stereocenters. The second-order valence-electron chi connectivity index (χ2n) is 6.02. The average molecular weight is 341 g/mol. The molecule has 0 aliphatic carbocycles. The van der Waals surface area contributed by atoms with Gasteiger partial charge in [0.05, 0.1) is 12.7 Å². The maximum absolute atomic E-state index is 12.3. The number of hydrogen-bond acceptors (Lipinski definition) is 3. The Kier molecular flexibility index (Phi) is 7.48. The lowest BCUT2D eigenvalue weighted by molar-refractivity contribution is 0.0826. The maximum atomic E-state index is 12.3. The number of carbonyl (C=O) groups is 1. The molecule has 1 N–H and O–H groups in total. The van der Waals surface area contributed by atoms with Crippen molar-refractivity contribution in [1.29, 1.82) is 0 Å². The van der Waals surface area contributed by atoms with Gasteiger partial charge < -0.3 is 14.8 Å². The first-order valence-corrected chi connectivity index (χ1v) is 8.75. The van der Waals surface area contributed by atoms with E-state index >= 15 is 0 Å². The van der Waals surface area contributed by atoms with Crippen molar-refractivity contribution in [2.24, 2.45) is 0 Å². The predicted octanol–water partition coefficient (Wildman–Crippen LogP) is 4.29. The van der Waals surface area contributed by atoms with E-state index in [1.54, 1.807) is 19.2 Å². The molecule has 0 aliphatic heterocycles. The van der Waals surface area contributed by atoms with Gasteiger partial charge in [0.25, 0.3) is 5.91 Å². The van der Waals surface area contributed by atoms with Crippen LogP contribution in [0.5, 0.6) is 5.75 Å². The zero-order valence-corrected chi connectivity index (χ0v) is 15.2. The summed E-state index contributed by atoms with van der Waals surface area (Å²) < 4.78 is 11.2. The van der Waals surface area contributed by atoms with Crippen molar-refractivity contribution in [3.05, 3.63) is 65.2 Å². The van der Waals surface area contributed by atoms with Gasteiger partial charge in [-0.25, -0.2) is 0 Å². The summed E-state index contributed by atoms with van der Waals surface area (Å²) >= 11 is 0. The molecule has 0 fully saturated rings. The zero-order chi connectivity index (χ0) is 18.1. The quantitative estimate of drug-likeness (QED) is 0.692. The van der Waals surface area contributed by atoms with Crippen LogP contribution >= 0.6 is 0 Å². The van der Waals surface area contributed by atoms with Gasteiger partial charge in [0.2, 0.25) is 0 Å². The third kappa shape index (κ3) is 5.61. The molecule has 4 heteroatoms. The molecule has 0 aliphatic rings. The maximum Gasteiger partial charge on any atom is 0.251 e. The molecule has 0 saturated carbocycles. The number of ether oxygens (including phenoxy) is 2. The van der Waals surface area contributed by atoms with Crippen molar-refractivity contribution in [3.63, 3.8) is 0 Å². The zero-order valence-electron chi connectivity index (χ0n) is 15.2. The van der Waals surface area contributed by atoms with Crippen LogP contribution in [0.25, 0.3) is 0 Å². The molecule has 0 saturated heterocycles. The van der Waals surface area contributed by atoms with E-state index < -0.39 is 0 Å². The lowest BCUT2D eigenvalue weighted by atomic mass is 10.0. The van der Waals surface area contributed by atoms with Crippen LogP contribution in [0.2, 0.25) is 0 Å². The molecular formula is C21H27NO3. The second-order valence-corrected chi connectivity index (χ2v) is 6.02. The molecule has 2 aromatic carbocycles. The molecule has 0 radical (unpaired) electrons. The SMILES string of the molecule is CCCCOc1ccc(C(=O)NC[C@@H](OC)c2ccccc2C)cc1. The van der Waals surface area contributed by atoms with Gasteiger partial charge in [-0.15, -0.1) is 0 Å². The molecule has 0 bridgehead atoms. The van der Waals surface area contributed by atoms with Crippen molar-refractivity contribution in [1.82, 2.24) is 5.32 Å². The normalized spacial score (nSPS) is 11.8. The number of carbonyl (C=O) groups excluding carboxylic acids is 1. The lowest BCUT2D eigenvalue weighted by Gasteiger charge is -2.18. The van der Waals surface area contributed by atoms with Crippen LogP contribution in [0, 0.1) is 6.92 Å². The van der Waals surface area contributed by atoms with Crippen molar-refractivity contribution in [2.75, 3.05) is 20.3 Å². The summed E-state index contributed by atoms with van der Waals surface area (Å²) in [6.07, 6.45) is 1.96. The van der Waals surface area contributed by atoms with Crippen LogP contribution in [-0.2, 0) is 4.74 Å². The van der Waals surface area contributed by atoms with E-state index in [4.69, 9.17) is 9.47 Å². The molecule has 1 atom stereocenters. The highest BCUT2D eigenvalue weighted by molar-refractivity contribution is 5.94. The number of amides is 1. The molecule has 4 nitrogen and oxygen atoms in total. The minimum absolute atomic E-state index is 0.115. The molecule has 134 valence electrons. The van der Waals surface area contributed by atoms with E-state index in [1.807, 2.05) is 43.3 Å². The van der Waals surface area contributed by atoms with E-state index in [9.17, 15) is 4.79 Å². The number of hydrogen-bond donors (Lipinski definition) is 1. The summed E-state index contributed by atoms with van der Waals surface area (Å²) in [4.78, 5) is 12.3. The molecular weight excluding hydrogens is 314 g/mol. The van der Waals surface area contributed by atoms with Gasteiger partial charge in [0.1, 0.15) is 5.75 Å². The number of unbranched alkanes of at least 4 members (excludes halogenated alkanes) is 1. The highest BCUT2D eigenvalue weighted by Gasteiger charge is 2.14. The number of nitrogens with one attached hydrogen (secondary N) is 1. The summed E-state index contributed by atoms with van der Waals surface area (Å²) in [6.45, 7) is 5.30. The lowest BCUT2D eigenvalue weighted by Crippen LogP contribution is -2.29. The third-order valence-electron chi connectivity index (χ3n) is 4.15. The number of methoxy groups -OCH3 is 1. The smallest absolute Gasteiger partial charge is 0.251 e. The Labute approximate surface area is 150 Å². The molecule has 0 heterocycles. The van der Waals surface area contributed by atoms with Crippen molar-refractivity contribution < 1.29 is 14.3 Å². The molecule has 2 rings (SSSR count). The highest BCUT2D eigenvalue weighted by atomic mass is 16.5. The minimum atomic E-state index is -0.165. The van der Waals surface area contributed by atoms with E-state index in [2.05, 4.69) is 12.2 Å².